The third-order valence-corrected chi connectivity index (χ3v) is 6.84. The lowest BCUT2D eigenvalue weighted by Gasteiger charge is -2.23. The van der Waals surface area contributed by atoms with Gasteiger partial charge < -0.3 is 13.8 Å². The van der Waals surface area contributed by atoms with Crippen LogP contribution in [0.25, 0.3) is 0 Å². The number of halogens is 4. The van der Waals surface area contributed by atoms with Crippen molar-refractivity contribution in [2.24, 2.45) is 0 Å². The molecule has 0 aliphatic rings. The highest BCUT2D eigenvalue weighted by Gasteiger charge is 2.32. The van der Waals surface area contributed by atoms with Crippen LogP contribution in [0.15, 0.2) is 82.2 Å². The van der Waals surface area contributed by atoms with Crippen LogP contribution in [0.2, 0.25) is 0 Å². The Morgan fingerprint density at radius 1 is 1.00 bits per heavy atom. The summed E-state index contributed by atoms with van der Waals surface area (Å²) in [7, 11) is -2.96. The molecule has 0 N–H and O–H groups in total. The minimum Gasteiger partial charge on any atom is -0.383 e. The van der Waals surface area contributed by atoms with Crippen molar-refractivity contribution in [3.8, 4) is 5.75 Å². The van der Waals surface area contributed by atoms with E-state index in [4.69, 9.17) is 8.92 Å². The number of alkyl halides is 3. The summed E-state index contributed by atoms with van der Waals surface area (Å²) >= 11 is 3.38. The van der Waals surface area contributed by atoms with Crippen LogP contribution in [-0.2, 0) is 27.6 Å². The van der Waals surface area contributed by atoms with Gasteiger partial charge in [-0.1, -0.05) is 30.3 Å². The summed E-state index contributed by atoms with van der Waals surface area (Å²) < 4.78 is 74.5. The normalized spacial score (nSPS) is 11.8. The second-order valence-electron chi connectivity index (χ2n) is 7.41. The highest BCUT2D eigenvalue weighted by molar-refractivity contribution is 9.10. The van der Waals surface area contributed by atoms with Crippen LogP contribution in [0.5, 0.6) is 5.75 Å². The lowest BCUT2D eigenvalue weighted by molar-refractivity contribution is -0.137. The molecular formula is C24H21BrF3NO5S. The summed E-state index contributed by atoms with van der Waals surface area (Å²) in [6.07, 6.45) is -4.69. The second kappa shape index (κ2) is 11.2. The fourth-order valence-electron chi connectivity index (χ4n) is 3.13. The fourth-order valence-corrected chi connectivity index (χ4v) is 4.56. The molecule has 0 heterocycles. The van der Waals surface area contributed by atoms with Gasteiger partial charge in [0.15, 0.2) is 0 Å². The van der Waals surface area contributed by atoms with E-state index in [1.165, 1.54) is 19.2 Å². The van der Waals surface area contributed by atoms with Crippen molar-refractivity contribution in [1.29, 1.82) is 0 Å². The molecule has 35 heavy (non-hydrogen) atoms. The average molecular weight is 572 g/mol. The van der Waals surface area contributed by atoms with Gasteiger partial charge in [-0.25, -0.2) is 0 Å². The second-order valence-corrected chi connectivity index (χ2v) is 9.81. The number of nitrogens with zero attached hydrogens (tertiary/aromatic N) is 1. The van der Waals surface area contributed by atoms with Crippen LogP contribution >= 0.6 is 15.9 Å². The van der Waals surface area contributed by atoms with E-state index in [1.54, 1.807) is 41.3 Å². The van der Waals surface area contributed by atoms with Crippen molar-refractivity contribution in [3.63, 3.8) is 0 Å². The van der Waals surface area contributed by atoms with Gasteiger partial charge in [-0.2, -0.15) is 21.6 Å². The standard InChI is InChI=1S/C24H21BrF3NO5S/c1-33-14-13-29(23(30)21-7-2-3-8-22(21)25)16-17-9-11-19(12-10-17)34-35(31,32)20-6-4-5-18(15-20)24(26,27)28/h2-12,15H,13-14,16H2,1H3. The van der Waals surface area contributed by atoms with E-state index >= 15 is 0 Å². The molecule has 0 aromatic heterocycles. The fraction of sp³-hybridized carbons (Fsp3) is 0.208. The van der Waals surface area contributed by atoms with Crippen LogP contribution in [0.3, 0.4) is 0 Å². The van der Waals surface area contributed by atoms with Gasteiger partial charge in [0, 0.05) is 24.7 Å². The molecule has 0 radical (unpaired) electrons. The summed E-state index contributed by atoms with van der Waals surface area (Å²) in [4.78, 5) is 14.0. The number of carbonyl (C=O) groups is 1. The Morgan fingerprint density at radius 2 is 1.69 bits per heavy atom. The molecule has 0 fully saturated rings. The van der Waals surface area contributed by atoms with E-state index in [1.807, 2.05) is 0 Å². The van der Waals surface area contributed by atoms with Crippen LogP contribution in [0.4, 0.5) is 13.2 Å². The summed E-state index contributed by atoms with van der Waals surface area (Å²) in [6, 6.07) is 16.2. The van der Waals surface area contributed by atoms with Crippen molar-refractivity contribution in [3.05, 3.63) is 94.0 Å². The Labute approximate surface area is 209 Å². The first-order valence-corrected chi connectivity index (χ1v) is 12.4. The number of benzene rings is 3. The van der Waals surface area contributed by atoms with Gasteiger partial charge >= 0.3 is 16.3 Å². The lowest BCUT2D eigenvalue weighted by atomic mass is 10.1. The first-order chi connectivity index (χ1) is 16.5. The van der Waals surface area contributed by atoms with E-state index in [2.05, 4.69) is 15.9 Å². The number of ether oxygens (including phenoxy) is 1. The maximum atomic E-state index is 13.0. The molecule has 3 aromatic carbocycles. The molecular weight excluding hydrogens is 551 g/mol. The number of rotatable bonds is 9. The number of amides is 1. The van der Waals surface area contributed by atoms with E-state index < -0.39 is 26.8 Å². The van der Waals surface area contributed by atoms with Gasteiger partial charge in [-0.05, 0) is 64.0 Å². The molecule has 6 nitrogen and oxygen atoms in total. The molecule has 0 saturated heterocycles. The summed E-state index contributed by atoms with van der Waals surface area (Å²) in [5.74, 6) is -0.297. The first-order valence-electron chi connectivity index (χ1n) is 10.2. The summed E-state index contributed by atoms with van der Waals surface area (Å²) in [5, 5.41) is 0. The predicted octanol–water partition coefficient (Wildman–Crippen LogP) is 5.52. The third kappa shape index (κ3) is 7.06. The van der Waals surface area contributed by atoms with Crippen molar-refractivity contribution < 1.29 is 35.3 Å². The molecule has 0 aliphatic heterocycles. The first kappa shape index (κ1) is 26.7. The van der Waals surface area contributed by atoms with Crippen LogP contribution in [0, 0.1) is 0 Å². The zero-order valence-electron chi connectivity index (χ0n) is 18.5. The largest absolute Gasteiger partial charge is 0.416 e. The van der Waals surface area contributed by atoms with Crippen molar-refractivity contribution in [2.75, 3.05) is 20.3 Å². The van der Waals surface area contributed by atoms with E-state index in [-0.39, 0.29) is 18.2 Å². The minimum absolute atomic E-state index is 0.0771. The summed E-state index contributed by atoms with van der Waals surface area (Å²) in [6.45, 7) is 0.843. The highest BCUT2D eigenvalue weighted by Crippen LogP contribution is 2.31. The molecule has 0 aliphatic carbocycles. The van der Waals surface area contributed by atoms with E-state index in [0.29, 0.717) is 34.8 Å². The van der Waals surface area contributed by atoms with E-state index in [9.17, 15) is 26.4 Å². The van der Waals surface area contributed by atoms with Crippen LogP contribution in [0.1, 0.15) is 21.5 Å². The number of carbonyl (C=O) groups excluding carboxylic acids is 1. The van der Waals surface area contributed by atoms with Crippen LogP contribution < -0.4 is 4.18 Å². The van der Waals surface area contributed by atoms with Gasteiger partial charge in [0.2, 0.25) is 0 Å². The minimum atomic E-state index is -4.69. The van der Waals surface area contributed by atoms with Crippen LogP contribution in [-0.4, -0.2) is 39.5 Å². The van der Waals surface area contributed by atoms with Gasteiger partial charge in [0.1, 0.15) is 10.6 Å². The molecule has 186 valence electrons. The number of hydrogen-bond acceptors (Lipinski definition) is 5. The van der Waals surface area contributed by atoms with Gasteiger partial charge in [0.25, 0.3) is 5.91 Å². The average Bonchev–Trinajstić information content (AvgIpc) is 2.82. The molecule has 0 atom stereocenters. The lowest BCUT2D eigenvalue weighted by Crippen LogP contribution is -2.33. The molecule has 0 spiro atoms. The molecule has 0 bridgehead atoms. The SMILES string of the molecule is COCCN(Cc1ccc(OS(=O)(=O)c2cccc(C(F)(F)F)c2)cc1)C(=O)c1ccccc1Br. The number of methoxy groups -OCH3 is 1. The van der Waals surface area contributed by atoms with E-state index in [0.717, 1.165) is 18.2 Å². The molecule has 0 unspecified atom stereocenters. The Kier molecular flexibility index (Phi) is 8.57. The topological polar surface area (TPSA) is 72.9 Å². The van der Waals surface area contributed by atoms with Crippen molar-refractivity contribution in [1.82, 2.24) is 4.90 Å². The van der Waals surface area contributed by atoms with Gasteiger partial charge in [0.05, 0.1) is 17.7 Å². The molecule has 3 aromatic rings. The van der Waals surface area contributed by atoms with Gasteiger partial charge in [-0.3, -0.25) is 4.79 Å². The smallest absolute Gasteiger partial charge is 0.383 e. The van der Waals surface area contributed by atoms with Gasteiger partial charge in [-0.15, -0.1) is 0 Å². The molecule has 11 heteroatoms. The molecule has 3 rings (SSSR count). The maximum Gasteiger partial charge on any atom is 0.416 e. The van der Waals surface area contributed by atoms with Crippen molar-refractivity contribution in [2.45, 2.75) is 17.6 Å². The van der Waals surface area contributed by atoms with Crippen molar-refractivity contribution >= 4 is 32.0 Å². The Hall–Kier alpha value is -2.89. The quantitative estimate of drug-likeness (QED) is 0.316. The molecule has 1 amide bonds. The monoisotopic (exact) mass is 571 g/mol. The Morgan fingerprint density at radius 3 is 2.31 bits per heavy atom. The zero-order valence-corrected chi connectivity index (χ0v) is 20.9. The zero-order chi connectivity index (χ0) is 25.6. The third-order valence-electron chi connectivity index (χ3n) is 4.91. The highest BCUT2D eigenvalue weighted by atomic mass is 79.9. The Bertz CT molecular complexity index is 1280. The summed E-state index contributed by atoms with van der Waals surface area (Å²) in [5.41, 5.74) is 0.0736. The predicted molar refractivity (Wildman–Crippen MR) is 126 cm³/mol. The maximum absolute atomic E-state index is 13.0. The Balaban J connectivity index is 1.76. The molecule has 0 saturated carbocycles. The number of hydrogen-bond donors (Lipinski definition) is 0.